The van der Waals surface area contributed by atoms with Crippen LogP contribution >= 0.6 is 0 Å². The van der Waals surface area contributed by atoms with Crippen molar-refractivity contribution >= 4 is 15.9 Å². The molecule has 2 aliphatic heterocycles. The number of carbonyl (C=O) groups is 1. The van der Waals surface area contributed by atoms with Crippen molar-refractivity contribution in [3.05, 3.63) is 59.7 Å². The number of likely N-dealkylation sites (tertiary alicyclic amines) is 1. The number of aliphatic hydroxyl groups excluding tert-OH is 1. The molecule has 0 spiro atoms. The number of likely N-dealkylation sites (N-methyl/N-ethyl adjacent to an activating group) is 1. The smallest absolute Gasteiger partial charge is 0.263 e. The number of hydrogen-bond acceptors (Lipinski definition) is 6. The van der Waals surface area contributed by atoms with E-state index >= 15 is 0 Å². The van der Waals surface area contributed by atoms with E-state index in [1.54, 1.807) is 24.1 Å². The molecule has 4 rings (SSSR count). The van der Waals surface area contributed by atoms with Gasteiger partial charge < -0.3 is 14.7 Å². The molecule has 8 nitrogen and oxygen atoms in total. The lowest BCUT2D eigenvalue weighted by atomic mass is 10.00. The number of ether oxygens (including phenoxy) is 1. The molecule has 3 atom stereocenters. The SMILES string of the molecule is CN(C(=O)[C@H]1CCc2cc(S(=O)(=O)N(C)C)ccc2O1)[C@H](CN1CC[C@H](O)C1)c1ccccc1. The van der Waals surface area contributed by atoms with E-state index in [1.807, 2.05) is 30.3 Å². The van der Waals surface area contributed by atoms with Crippen molar-refractivity contribution in [2.45, 2.75) is 42.4 Å². The highest BCUT2D eigenvalue weighted by Crippen LogP contribution is 2.32. The zero-order chi connectivity index (χ0) is 24.5. The molecule has 0 aromatic heterocycles. The summed E-state index contributed by atoms with van der Waals surface area (Å²) >= 11 is 0. The van der Waals surface area contributed by atoms with Gasteiger partial charge in [0.05, 0.1) is 17.0 Å². The summed E-state index contributed by atoms with van der Waals surface area (Å²) in [5.41, 5.74) is 1.83. The van der Waals surface area contributed by atoms with Crippen molar-refractivity contribution in [3.63, 3.8) is 0 Å². The van der Waals surface area contributed by atoms with Gasteiger partial charge in [-0.1, -0.05) is 30.3 Å². The first-order chi connectivity index (χ1) is 16.2. The predicted octanol–water partition coefficient (Wildman–Crippen LogP) is 1.90. The quantitative estimate of drug-likeness (QED) is 0.642. The lowest BCUT2D eigenvalue weighted by Crippen LogP contribution is -2.46. The van der Waals surface area contributed by atoms with Crippen LogP contribution in [-0.2, 0) is 21.2 Å². The van der Waals surface area contributed by atoms with Gasteiger partial charge in [-0.25, -0.2) is 12.7 Å². The molecule has 1 fully saturated rings. The maximum absolute atomic E-state index is 13.5. The fourth-order valence-electron chi connectivity index (χ4n) is 4.64. The first kappa shape index (κ1) is 24.7. The number of β-amino-alcohol motifs (C(OH)–C–C–N with tert-alkyl or cyclic N) is 1. The third-order valence-electron chi connectivity index (χ3n) is 6.71. The second-order valence-corrected chi connectivity index (χ2v) is 11.4. The molecule has 2 heterocycles. The van der Waals surface area contributed by atoms with Crippen LogP contribution in [0.25, 0.3) is 0 Å². The topological polar surface area (TPSA) is 90.4 Å². The fraction of sp³-hybridized carbons (Fsp3) is 0.480. The van der Waals surface area contributed by atoms with E-state index in [9.17, 15) is 18.3 Å². The molecule has 34 heavy (non-hydrogen) atoms. The second kappa shape index (κ2) is 10.0. The van der Waals surface area contributed by atoms with Gasteiger partial charge in [-0.05, 0) is 48.6 Å². The van der Waals surface area contributed by atoms with E-state index in [4.69, 9.17) is 4.74 Å². The van der Waals surface area contributed by atoms with E-state index in [1.165, 1.54) is 24.5 Å². The molecule has 184 valence electrons. The van der Waals surface area contributed by atoms with Crippen molar-refractivity contribution in [2.24, 2.45) is 0 Å². The Bertz CT molecular complexity index is 1120. The van der Waals surface area contributed by atoms with Gasteiger partial charge in [0.15, 0.2) is 6.10 Å². The van der Waals surface area contributed by atoms with Crippen LogP contribution in [0, 0.1) is 0 Å². The van der Waals surface area contributed by atoms with Crippen LogP contribution in [0.5, 0.6) is 5.75 Å². The number of carbonyl (C=O) groups excluding carboxylic acids is 1. The van der Waals surface area contributed by atoms with Crippen LogP contribution in [-0.4, -0.2) is 86.5 Å². The molecule has 0 bridgehead atoms. The fourth-order valence-corrected chi connectivity index (χ4v) is 5.59. The van der Waals surface area contributed by atoms with E-state index in [0.29, 0.717) is 31.7 Å². The number of sulfonamides is 1. The molecule has 2 aromatic rings. The molecule has 0 radical (unpaired) electrons. The number of rotatable bonds is 7. The number of amides is 1. The summed E-state index contributed by atoms with van der Waals surface area (Å²) in [4.78, 5) is 17.7. The molecular weight excluding hydrogens is 454 g/mol. The summed E-state index contributed by atoms with van der Waals surface area (Å²) in [6, 6.07) is 14.6. The maximum atomic E-state index is 13.5. The highest BCUT2D eigenvalue weighted by molar-refractivity contribution is 7.89. The molecule has 1 amide bonds. The number of fused-ring (bicyclic) bond motifs is 1. The molecule has 0 saturated carbocycles. The average molecular weight is 488 g/mol. The zero-order valence-electron chi connectivity index (χ0n) is 19.9. The lowest BCUT2D eigenvalue weighted by Gasteiger charge is -2.35. The van der Waals surface area contributed by atoms with Crippen molar-refractivity contribution < 1.29 is 23.1 Å². The molecule has 0 aliphatic carbocycles. The minimum absolute atomic E-state index is 0.107. The number of nitrogens with zero attached hydrogens (tertiary/aromatic N) is 3. The Morgan fingerprint density at radius 2 is 1.88 bits per heavy atom. The Hall–Kier alpha value is -2.46. The van der Waals surface area contributed by atoms with Crippen molar-refractivity contribution in [3.8, 4) is 5.75 Å². The molecule has 2 aliphatic rings. The van der Waals surface area contributed by atoms with Crippen molar-refractivity contribution in [2.75, 3.05) is 40.8 Å². The Labute approximate surface area is 201 Å². The van der Waals surface area contributed by atoms with Crippen LogP contribution in [0.2, 0.25) is 0 Å². The van der Waals surface area contributed by atoms with Gasteiger partial charge in [0.1, 0.15) is 5.75 Å². The highest BCUT2D eigenvalue weighted by atomic mass is 32.2. The number of hydrogen-bond donors (Lipinski definition) is 1. The van der Waals surface area contributed by atoms with Gasteiger partial charge >= 0.3 is 0 Å². The molecule has 9 heteroatoms. The summed E-state index contributed by atoms with van der Waals surface area (Å²) in [6.45, 7) is 2.05. The third kappa shape index (κ3) is 5.12. The van der Waals surface area contributed by atoms with Gasteiger partial charge in [0.25, 0.3) is 5.91 Å². The minimum Gasteiger partial charge on any atom is -0.480 e. The number of aryl methyl sites for hydroxylation is 1. The standard InChI is InChI=1S/C25H33N3O5S/c1-26(2)34(31,32)21-10-12-23-19(15-21)9-11-24(33-23)25(30)27(3)22(18-7-5-4-6-8-18)17-28-14-13-20(29)16-28/h4-8,10,12,15,20,22,24,29H,9,11,13-14,16-17H2,1-3H3/t20-,22+,24+/m0/s1. The number of aliphatic hydroxyl groups is 1. The summed E-state index contributed by atoms with van der Waals surface area (Å²) < 4.78 is 32.2. The van der Waals surface area contributed by atoms with Crippen LogP contribution in [0.3, 0.4) is 0 Å². The first-order valence-electron chi connectivity index (χ1n) is 11.6. The maximum Gasteiger partial charge on any atom is 0.263 e. The molecular formula is C25H33N3O5S. The number of benzene rings is 2. The summed E-state index contributed by atoms with van der Waals surface area (Å²) in [5.74, 6) is 0.443. The Morgan fingerprint density at radius 3 is 2.53 bits per heavy atom. The summed E-state index contributed by atoms with van der Waals surface area (Å²) in [6.07, 6.45) is 0.824. The first-order valence-corrected chi connectivity index (χ1v) is 13.0. The predicted molar refractivity (Wildman–Crippen MR) is 129 cm³/mol. The molecule has 1 N–H and O–H groups in total. The molecule has 2 aromatic carbocycles. The minimum atomic E-state index is -3.53. The van der Waals surface area contributed by atoms with Gasteiger partial charge in [0.2, 0.25) is 10.0 Å². The molecule has 1 saturated heterocycles. The Morgan fingerprint density at radius 1 is 1.15 bits per heavy atom. The van der Waals surface area contributed by atoms with Gasteiger partial charge in [0, 0.05) is 40.8 Å². The third-order valence-corrected chi connectivity index (χ3v) is 8.52. The largest absolute Gasteiger partial charge is 0.480 e. The Kier molecular flexibility index (Phi) is 7.28. The second-order valence-electron chi connectivity index (χ2n) is 9.28. The van der Waals surface area contributed by atoms with Crippen molar-refractivity contribution in [1.29, 1.82) is 0 Å². The van der Waals surface area contributed by atoms with E-state index < -0.39 is 16.1 Å². The monoisotopic (exact) mass is 487 g/mol. The van der Waals surface area contributed by atoms with Crippen LogP contribution in [0.4, 0.5) is 0 Å². The molecule has 0 unspecified atom stereocenters. The summed E-state index contributed by atoms with van der Waals surface area (Å²) in [7, 11) is 1.28. The summed E-state index contributed by atoms with van der Waals surface area (Å²) in [5, 5.41) is 9.95. The normalized spacial score (nSPS) is 21.7. The zero-order valence-corrected chi connectivity index (χ0v) is 20.7. The highest BCUT2D eigenvalue weighted by Gasteiger charge is 2.34. The van der Waals surface area contributed by atoms with Crippen molar-refractivity contribution in [1.82, 2.24) is 14.1 Å². The average Bonchev–Trinajstić information content (AvgIpc) is 3.26. The van der Waals surface area contributed by atoms with E-state index in [0.717, 1.165) is 24.1 Å². The van der Waals surface area contributed by atoms with Gasteiger partial charge in [-0.2, -0.15) is 0 Å². The van der Waals surface area contributed by atoms with Gasteiger partial charge in [-0.3, -0.25) is 9.69 Å². The van der Waals surface area contributed by atoms with E-state index in [2.05, 4.69) is 4.90 Å². The van der Waals surface area contributed by atoms with Crippen LogP contribution < -0.4 is 4.74 Å². The Balaban J connectivity index is 1.51. The lowest BCUT2D eigenvalue weighted by molar-refractivity contribution is -0.140. The van der Waals surface area contributed by atoms with Crippen LogP contribution in [0.15, 0.2) is 53.4 Å². The van der Waals surface area contributed by atoms with Crippen LogP contribution in [0.1, 0.15) is 30.0 Å². The van der Waals surface area contributed by atoms with Gasteiger partial charge in [-0.15, -0.1) is 0 Å². The van der Waals surface area contributed by atoms with E-state index in [-0.39, 0.29) is 22.9 Å².